The quantitative estimate of drug-likeness (QED) is 0.540. The van der Waals surface area contributed by atoms with E-state index in [1.54, 1.807) is 13.0 Å². The first-order valence-corrected chi connectivity index (χ1v) is 9.83. The second-order valence-corrected chi connectivity index (χ2v) is 7.10. The Labute approximate surface area is 181 Å². The minimum absolute atomic E-state index is 0.0363. The lowest BCUT2D eigenvalue weighted by Crippen LogP contribution is -2.41. The molecule has 0 atom stereocenters. The lowest BCUT2D eigenvalue weighted by Gasteiger charge is -2.13. The molecule has 0 saturated carbocycles. The van der Waals surface area contributed by atoms with Crippen LogP contribution in [-0.2, 0) is 6.42 Å². The highest BCUT2D eigenvalue weighted by molar-refractivity contribution is 6.07. The van der Waals surface area contributed by atoms with Gasteiger partial charge in [-0.1, -0.05) is 0 Å². The van der Waals surface area contributed by atoms with E-state index in [0.717, 1.165) is 6.42 Å². The zero-order valence-corrected chi connectivity index (χ0v) is 17.0. The van der Waals surface area contributed by atoms with Crippen LogP contribution >= 0.6 is 0 Å². The summed E-state index contributed by atoms with van der Waals surface area (Å²) in [5, 5.41) is 4.21. The summed E-state index contributed by atoms with van der Waals surface area (Å²) in [4.78, 5) is 36.8. The molecule has 2 heterocycles. The molecule has 0 aliphatic heterocycles. The van der Waals surface area contributed by atoms with Crippen LogP contribution in [0.5, 0.6) is 0 Å². The number of hydrogen-bond donors (Lipinski definition) is 3. The topological polar surface area (TPSA) is 126 Å². The van der Waals surface area contributed by atoms with Crippen molar-refractivity contribution in [1.82, 2.24) is 16.3 Å². The van der Waals surface area contributed by atoms with Crippen molar-refractivity contribution < 1.29 is 27.6 Å². The molecule has 1 aromatic carbocycles. The first kappa shape index (κ1) is 21.0. The molecule has 0 saturated heterocycles. The highest BCUT2D eigenvalue weighted by Gasteiger charge is 2.28. The van der Waals surface area contributed by atoms with Crippen LogP contribution < -0.4 is 16.3 Å². The van der Waals surface area contributed by atoms with Crippen LogP contribution in [0.1, 0.15) is 61.2 Å². The molecule has 3 amide bonds. The normalized spacial score (nSPS) is 14.0. The molecule has 0 radical (unpaired) electrons. The van der Waals surface area contributed by atoms with Crippen molar-refractivity contribution in [3.8, 4) is 0 Å². The Balaban J connectivity index is 1.49. The Bertz CT molecular complexity index is 1200. The van der Waals surface area contributed by atoms with Crippen LogP contribution in [-0.4, -0.2) is 23.4 Å². The van der Waals surface area contributed by atoms with Gasteiger partial charge < -0.3 is 8.83 Å². The summed E-state index contributed by atoms with van der Waals surface area (Å²) in [5.41, 5.74) is 9.05. The van der Waals surface area contributed by atoms with Crippen molar-refractivity contribution in [2.45, 2.75) is 26.2 Å². The third-order valence-corrected chi connectivity index (χ3v) is 4.97. The first-order chi connectivity index (χ1) is 15.4. The van der Waals surface area contributed by atoms with Gasteiger partial charge in [0, 0.05) is 23.1 Å². The minimum Gasteiger partial charge on any atom is -0.459 e. The summed E-state index contributed by atoms with van der Waals surface area (Å²) < 4.78 is 23.7. The van der Waals surface area contributed by atoms with E-state index in [2.05, 4.69) is 21.4 Å². The van der Waals surface area contributed by atoms with Gasteiger partial charge in [0.25, 0.3) is 5.91 Å². The number of hydrazone groups is 1. The molecule has 10 heteroatoms. The average Bonchev–Trinajstić information content (AvgIpc) is 3.45. The van der Waals surface area contributed by atoms with Gasteiger partial charge in [-0.2, -0.15) is 5.10 Å². The molecule has 0 unspecified atom stereocenters. The highest BCUT2D eigenvalue weighted by atomic mass is 19.1. The fraction of sp³-hybridized carbons (Fsp3) is 0.182. The van der Waals surface area contributed by atoms with Crippen molar-refractivity contribution in [3.63, 3.8) is 0 Å². The zero-order chi connectivity index (χ0) is 22.7. The molecular weight excluding hydrogens is 419 g/mol. The van der Waals surface area contributed by atoms with Crippen LogP contribution in [0.25, 0.3) is 0 Å². The van der Waals surface area contributed by atoms with Crippen molar-refractivity contribution in [3.05, 3.63) is 82.4 Å². The number of rotatable bonds is 4. The number of nitrogens with zero attached hydrogens (tertiary/aromatic N) is 1. The van der Waals surface area contributed by atoms with E-state index in [9.17, 15) is 18.8 Å². The van der Waals surface area contributed by atoms with Gasteiger partial charge in [0.1, 0.15) is 11.6 Å². The van der Waals surface area contributed by atoms with E-state index in [0.29, 0.717) is 35.4 Å². The van der Waals surface area contributed by atoms with Gasteiger partial charge >= 0.3 is 11.8 Å². The average molecular weight is 438 g/mol. The second kappa shape index (κ2) is 8.88. The van der Waals surface area contributed by atoms with Gasteiger partial charge in [-0.15, -0.1) is 0 Å². The molecule has 0 fully saturated rings. The van der Waals surface area contributed by atoms with E-state index >= 15 is 0 Å². The Hall–Kier alpha value is -4.21. The summed E-state index contributed by atoms with van der Waals surface area (Å²) in [6.45, 7) is 1.70. The number of aryl methyl sites for hydroxylation is 1. The molecule has 1 aliphatic carbocycles. The van der Waals surface area contributed by atoms with Crippen LogP contribution in [0.3, 0.4) is 0 Å². The maximum Gasteiger partial charge on any atom is 0.305 e. The maximum atomic E-state index is 13.0. The molecule has 4 rings (SSSR count). The molecular formula is C22H19FN4O5. The summed E-state index contributed by atoms with van der Waals surface area (Å²) in [6.07, 6.45) is 3.25. The molecule has 3 N–H and O–H groups in total. The van der Waals surface area contributed by atoms with Gasteiger partial charge in [0.05, 0.1) is 12.0 Å². The van der Waals surface area contributed by atoms with Crippen molar-refractivity contribution in [2.75, 3.05) is 0 Å². The fourth-order valence-corrected chi connectivity index (χ4v) is 3.42. The van der Waals surface area contributed by atoms with Gasteiger partial charge in [0.2, 0.25) is 0 Å². The van der Waals surface area contributed by atoms with E-state index < -0.39 is 23.5 Å². The number of carbonyl (C=O) groups is 3. The van der Waals surface area contributed by atoms with E-state index in [1.165, 1.54) is 36.6 Å². The predicted molar refractivity (Wildman–Crippen MR) is 110 cm³/mol. The molecule has 164 valence electrons. The lowest BCUT2D eigenvalue weighted by molar-refractivity contribution is 0.0815. The Morgan fingerprint density at radius 3 is 2.47 bits per heavy atom. The van der Waals surface area contributed by atoms with E-state index in [1.807, 2.05) is 0 Å². The van der Waals surface area contributed by atoms with Crippen LogP contribution in [0.4, 0.5) is 4.39 Å². The number of fused-ring (bicyclic) bond motifs is 1. The van der Waals surface area contributed by atoms with Crippen LogP contribution in [0.15, 0.2) is 56.6 Å². The molecule has 3 aromatic rings. The zero-order valence-electron chi connectivity index (χ0n) is 17.0. The van der Waals surface area contributed by atoms with E-state index in [4.69, 9.17) is 8.83 Å². The van der Waals surface area contributed by atoms with Crippen molar-refractivity contribution in [1.29, 1.82) is 0 Å². The number of halogens is 1. The summed E-state index contributed by atoms with van der Waals surface area (Å²) in [6, 6.07) is 8.12. The molecule has 2 aromatic heterocycles. The standard InChI is InChI=1S/C22H19FN4O5/c1-12-18-15(24-25-20(28)13-7-9-14(23)10-8-13)4-2-5-16(18)32-19(12)22(30)27-26-21(29)17-6-3-11-31-17/h3,6-11H,2,4-5H2,1H3,(H,25,28)(H,26,29)(H,27,30)/b24-15+. The van der Waals surface area contributed by atoms with Crippen molar-refractivity contribution in [2.24, 2.45) is 5.10 Å². The molecule has 0 spiro atoms. The van der Waals surface area contributed by atoms with Crippen molar-refractivity contribution >= 4 is 23.4 Å². The number of amides is 3. The first-order valence-electron chi connectivity index (χ1n) is 9.83. The number of hydrogen-bond acceptors (Lipinski definition) is 6. The fourth-order valence-electron chi connectivity index (χ4n) is 3.42. The summed E-state index contributed by atoms with van der Waals surface area (Å²) >= 11 is 0. The number of nitrogens with one attached hydrogen (secondary N) is 3. The molecule has 9 nitrogen and oxygen atoms in total. The SMILES string of the molecule is Cc1c(C(=O)NNC(=O)c2ccco2)oc2c1/C(=N/NC(=O)c1ccc(F)cc1)CCC2. The predicted octanol–water partition coefficient (Wildman–Crippen LogP) is 2.87. The van der Waals surface area contributed by atoms with Gasteiger partial charge in [0.15, 0.2) is 11.5 Å². The van der Waals surface area contributed by atoms with Gasteiger partial charge in [-0.3, -0.25) is 25.2 Å². The minimum atomic E-state index is -0.633. The Morgan fingerprint density at radius 2 is 1.75 bits per heavy atom. The third-order valence-electron chi connectivity index (χ3n) is 4.97. The smallest absolute Gasteiger partial charge is 0.305 e. The second-order valence-electron chi connectivity index (χ2n) is 7.10. The lowest BCUT2D eigenvalue weighted by atomic mass is 9.93. The molecule has 1 aliphatic rings. The van der Waals surface area contributed by atoms with E-state index in [-0.39, 0.29) is 17.1 Å². The number of hydrazine groups is 1. The Kier molecular flexibility index (Phi) is 5.84. The maximum absolute atomic E-state index is 13.0. The van der Waals surface area contributed by atoms with Crippen LogP contribution in [0.2, 0.25) is 0 Å². The number of carbonyl (C=O) groups excluding carboxylic acids is 3. The molecule has 0 bridgehead atoms. The highest BCUT2D eigenvalue weighted by Crippen LogP contribution is 2.29. The van der Waals surface area contributed by atoms with Gasteiger partial charge in [-0.05, 0) is 56.2 Å². The molecule has 32 heavy (non-hydrogen) atoms. The monoisotopic (exact) mass is 438 g/mol. The largest absolute Gasteiger partial charge is 0.459 e. The van der Waals surface area contributed by atoms with Gasteiger partial charge in [-0.25, -0.2) is 9.82 Å². The Morgan fingerprint density at radius 1 is 1.00 bits per heavy atom. The number of furan rings is 2. The number of benzene rings is 1. The third kappa shape index (κ3) is 4.29. The summed E-state index contributed by atoms with van der Waals surface area (Å²) in [5.74, 6) is -1.50. The van der Waals surface area contributed by atoms with Crippen LogP contribution in [0, 0.1) is 12.7 Å². The summed E-state index contributed by atoms with van der Waals surface area (Å²) in [7, 11) is 0.